The van der Waals surface area contributed by atoms with E-state index in [0.717, 1.165) is 6.42 Å². The van der Waals surface area contributed by atoms with E-state index < -0.39 is 21.6 Å². The first-order chi connectivity index (χ1) is 8.02. The molecular weight excluding hydrogens is 246 g/mol. The first-order valence-corrected chi connectivity index (χ1v) is 7.14. The third kappa shape index (κ3) is 9.78. The fourth-order valence-corrected chi connectivity index (χ4v) is 1.94. The average Bonchev–Trinajstić information content (AvgIpc) is 2.25. The summed E-state index contributed by atoms with van der Waals surface area (Å²) >= 11 is 0. The lowest BCUT2D eigenvalue weighted by Crippen LogP contribution is -2.22. The summed E-state index contributed by atoms with van der Waals surface area (Å²) in [5, 5.41) is 8.24. The average molecular weight is 263 g/mol. The van der Waals surface area contributed by atoms with Gasteiger partial charge in [-0.05, 0) is 6.42 Å². The van der Waals surface area contributed by atoms with Gasteiger partial charge in [-0.15, -0.1) is 0 Å². The maximum Gasteiger partial charge on any atom is 0.321 e. The Morgan fingerprint density at radius 1 is 1.29 bits per heavy atom. The predicted octanol–water partition coefficient (Wildman–Crippen LogP) is 0.285. The van der Waals surface area contributed by atoms with Gasteiger partial charge in [-0.3, -0.25) is 4.79 Å². The van der Waals surface area contributed by atoms with E-state index in [1.807, 2.05) is 6.92 Å². The topological polar surface area (TPSA) is 93.5 Å². The third-order valence-corrected chi connectivity index (χ3v) is 3.20. The number of carbonyl (C=O) groups excluding carboxylic acids is 1. The second-order valence-electron chi connectivity index (χ2n) is 3.33. The lowest BCUT2D eigenvalue weighted by molar-refractivity contribution is -0.142. The molecule has 0 bridgehead atoms. The number of nitrogens with zero attached hydrogens (tertiary/aromatic N) is 1. The van der Waals surface area contributed by atoms with E-state index in [0.29, 0.717) is 6.61 Å². The largest absolute Gasteiger partial charge is 0.462 e. The summed E-state index contributed by atoms with van der Waals surface area (Å²) in [6.45, 7) is 2.84. The summed E-state index contributed by atoms with van der Waals surface area (Å²) < 4.78 is 32.2. The standard InChI is InChI=1S/C10H17NO5S/c1-2-5-15-6-7-16-10(12)9-17(13,14)8-3-4-11/h2-3,5-9H2,1H3. The van der Waals surface area contributed by atoms with E-state index in [9.17, 15) is 13.2 Å². The van der Waals surface area contributed by atoms with Gasteiger partial charge in [-0.25, -0.2) is 8.42 Å². The van der Waals surface area contributed by atoms with Crippen molar-refractivity contribution in [2.75, 3.05) is 31.3 Å². The maximum atomic E-state index is 11.3. The van der Waals surface area contributed by atoms with Gasteiger partial charge in [-0.1, -0.05) is 6.92 Å². The quantitative estimate of drug-likeness (QED) is 0.438. The lowest BCUT2D eigenvalue weighted by Gasteiger charge is -2.05. The SMILES string of the molecule is CCCOCCOC(=O)CS(=O)(=O)CCC#N. The van der Waals surface area contributed by atoms with E-state index in [1.165, 1.54) is 0 Å². The van der Waals surface area contributed by atoms with Crippen molar-refractivity contribution in [1.82, 2.24) is 0 Å². The Morgan fingerprint density at radius 2 is 2.00 bits per heavy atom. The van der Waals surface area contributed by atoms with Crippen LogP contribution in [0, 0.1) is 11.3 Å². The van der Waals surface area contributed by atoms with E-state index in [2.05, 4.69) is 4.74 Å². The number of carbonyl (C=O) groups is 1. The zero-order valence-electron chi connectivity index (χ0n) is 9.85. The van der Waals surface area contributed by atoms with Gasteiger partial charge in [-0.2, -0.15) is 5.26 Å². The number of esters is 1. The molecule has 0 rings (SSSR count). The molecule has 0 aliphatic carbocycles. The molecule has 0 saturated carbocycles. The fraction of sp³-hybridized carbons (Fsp3) is 0.800. The van der Waals surface area contributed by atoms with E-state index in [1.54, 1.807) is 6.07 Å². The minimum atomic E-state index is -3.53. The van der Waals surface area contributed by atoms with Crippen LogP contribution in [0.1, 0.15) is 19.8 Å². The highest BCUT2D eigenvalue weighted by molar-refractivity contribution is 7.92. The van der Waals surface area contributed by atoms with Crippen molar-refractivity contribution in [2.24, 2.45) is 0 Å². The van der Waals surface area contributed by atoms with E-state index >= 15 is 0 Å². The number of ether oxygens (including phenoxy) is 2. The zero-order valence-corrected chi connectivity index (χ0v) is 10.7. The minimum absolute atomic E-state index is 0.0482. The van der Waals surface area contributed by atoms with Crippen molar-refractivity contribution in [2.45, 2.75) is 19.8 Å². The molecule has 0 aromatic carbocycles. The van der Waals surface area contributed by atoms with Crippen molar-refractivity contribution in [1.29, 1.82) is 5.26 Å². The van der Waals surface area contributed by atoms with Crippen LogP contribution < -0.4 is 0 Å². The monoisotopic (exact) mass is 263 g/mol. The van der Waals surface area contributed by atoms with E-state index in [-0.39, 0.29) is 25.4 Å². The Kier molecular flexibility index (Phi) is 8.36. The molecule has 0 unspecified atom stereocenters. The summed E-state index contributed by atoms with van der Waals surface area (Å²) in [6, 6.07) is 1.71. The van der Waals surface area contributed by atoms with Gasteiger partial charge in [0.1, 0.15) is 12.4 Å². The van der Waals surface area contributed by atoms with E-state index in [4.69, 9.17) is 10.00 Å². The molecule has 0 fully saturated rings. The van der Waals surface area contributed by atoms with Crippen LogP contribution in [0.3, 0.4) is 0 Å². The number of nitriles is 1. The van der Waals surface area contributed by atoms with Crippen molar-refractivity contribution in [3.05, 3.63) is 0 Å². The van der Waals surface area contributed by atoms with Crippen molar-refractivity contribution in [3.8, 4) is 6.07 Å². The van der Waals surface area contributed by atoms with Gasteiger partial charge in [0.05, 0.1) is 18.4 Å². The molecule has 0 N–H and O–H groups in total. The second kappa shape index (κ2) is 8.96. The number of hydrogen-bond acceptors (Lipinski definition) is 6. The second-order valence-corrected chi connectivity index (χ2v) is 5.52. The predicted molar refractivity (Wildman–Crippen MR) is 61.0 cm³/mol. The van der Waals surface area contributed by atoms with Gasteiger partial charge >= 0.3 is 5.97 Å². The first kappa shape index (κ1) is 15.9. The fourth-order valence-electron chi connectivity index (χ4n) is 0.955. The number of rotatable bonds is 9. The highest BCUT2D eigenvalue weighted by Gasteiger charge is 2.17. The highest BCUT2D eigenvalue weighted by Crippen LogP contribution is 1.95. The first-order valence-electron chi connectivity index (χ1n) is 5.32. The highest BCUT2D eigenvalue weighted by atomic mass is 32.2. The summed E-state index contributed by atoms with van der Waals surface area (Å²) in [5.41, 5.74) is 0. The van der Waals surface area contributed by atoms with Crippen LogP contribution in [-0.4, -0.2) is 45.7 Å². The molecule has 17 heavy (non-hydrogen) atoms. The minimum Gasteiger partial charge on any atom is -0.462 e. The maximum absolute atomic E-state index is 11.3. The molecule has 0 aliphatic rings. The third-order valence-electron chi connectivity index (χ3n) is 1.70. The molecule has 0 aromatic rings. The lowest BCUT2D eigenvalue weighted by atomic mass is 10.5. The van der Waals surface area contributed by atoms with Crippen molar-refractivity contribution in [3.63, 3.8) is 0 Å². The van der Waals surface area contributed by atoms with Gasteiger partial charge in [0.25, 0.3) is 0 Å². The molecule has 0 amide bonds. The molecule has 0 atom stereocenters. The Balaban J connectivity index is 3.75. The summed E-state index contributed by atoms with van der Waals surface area (Å²) in [6.07, 6.45) is 0.756. The van der Waals surface area contributed by atoms with Crippen LogP contribution in [0.4, 0.5) is 0 Å². The smallest absolute Gasteiger partial charge is 0.321 e. The number of sulfone groups is 1. The Bertz CT molecular complexity index is 357. The molecule has 0 aromatic heterocycles. The Hall–Kier alpha value is -1.13. The van der Waals surface area contributed by atoms with Gasteiger partial charge in [0.15, 0.2) is 9.84 Å². The van der Waals surface area contributed by atoms with Crippen LogP contribution in [0.15, 0.2) is 0 Å². The molecule has 0 heterocycles. The van der Waals surface area contributed by atoms with Crippen LogP contribution in [0.2, 0.25) is 0 Å². The summed E-state index contributed by atoms with van der Waals surface area (Å²) in [7, 11) is -3.53. The summed E-state index contributed by atoms with van der Waals surface area (Å²) in [4.78, 5) is 11.1. The van der Waals surface area contributed by atoms with Crippen LogP contribution >= 0.6 is 0 Å². The molecule has 0 aliphatic heterocycles. The Labute approximate surface area is 101 Å². The Morgan fingerprint density at radius 3 is 2.59 bits per heavy atom. The van der Waals surface area contributed by atoms with Gasteiger partial charge < -0.3 is 9.47 Å². The normalized spacial score (nSPS) is 10.8. The molecule has 7 heteroatoms. The van der Waals surface area contributed by atoms with Crippen molar-refractivity contribution < 1.29 is 22.7 Å². The molecule has 98 valence electrons. The summed E-state index contributed by atoms with van der Waals surface area (Å²) in [5.74, 6) is -1.80. The number of hydrogen-bond donors (Lipinski definition) is 0. The van der Waals surface area contributed by atoms with Crippen LogP contribution in [0.5, 0.6) is 0 Å². The molecule has 6 nitrogen and oxygen atoms in total. The van der Waals surface area contributed by atoms with Crippen LogP contribution in [-0.2, 0) is 24.1 Å². The zero-order chi connectivity index (χ0) is 13.1. The molecular formula is C10H17NO5S. The molecule has 0 saturated heterocycles. The van der Waals surface area contributed by atoms with Crippen LogP contribution in [0.25, 0.3) is 0 Å². The molecule has 0 radical (unpaired) electrons. The van der Waals surface area contributed by atoms with Gasteiger partial charge in [0, 0.05) is 13.0 Å². The molecule has 0 spiro atoms. The van der Waals surface area contributed by atoms with Crippen molar-refractivity contribution >= 4 is 15.8 Å². The van der Waals surface area contributed by atoms with Gasteiger partial charge in [0.2, 0.25) is 0 Å².